The minimum Gasteiger partial charge on any atom is -0.459 e. The second kappa shape index (κ2) is 5.26. The quantitative estimate of drug-likeness (QED) is 0.677. The molecule has 2 rings (SSSR count). The third kappa shape index (κ3) is 3.22. The first-order valence-electron chi connectivity index (χ1n) is 6.27. The summed E-state index contributed by atoms with van der Waals surface area (Å²) in [5.41, 5.74) is 3.53. The predicted molar refractivity (Wildman–Crippen MR) is 74.9 cm³/mol. The normalized spacial score (nSPS) is 12.4. The van der Waals surface area contributed by atoms with Crippen LogP contribution in [0.5, 0.6) is 0 Å². The lowest BCUT2D eigenvalue weighted by Crippen LogP contribution is -2.18. The number of aromatic amines is 1. The summed E-state index contributed by atoms with van der Waals surface area (Å²) in [5, 5.41) is 0. The maximum absolute atomic E-state index is 11.4. The van der Waals surface area contributed by atoms with Crippen molar-refractivity contribution in [3.8, 4) is 0 Å². The Labute approximate surface area is 112 Å². The van der Waals surface area contributed by atoms with Crippen LogP contribution in [0.1, 0.15) is 25.2 Å². The molecular formula is C15H18N2O2. The van der Waals surface area contributed by atoms with Gasteiger partial charge in [0, 0.05) is 12.0 Å². The fourth-order valence-corrected chi connectivity index (χ4v) is 1.87. The summed E-state index contributed by atoms with van der Waals surface area (Å²) < 4.78 is 5.24. The van der Waals surface area contributed by atoms with Gasteiger partial charge in [0.2, 0.25) is 0 Å². The van der Waals surface area contributed by atoms with Gasteiger partial charge in [-0.25, -0.2) is 9.78 Å². The van der Waals surface area contributed by atoms with Crippen LogP contribution in [0.3, 0.4) is 0 Å². The maximum Gasteiger partial charge on any atom is 0.333 e. The number of fused-ring (bicyclic) bond motifs is 1. The number of imidazole rings is 1. The molecule has 0 saturated heterocycles. The van der Waals surface area contributed by atoms with Crippen LogP contribution in [-0.4, -0.2) is 22.0 Å². The predicted octanol–water partition coefficient (Wildman–Crippen LogP) is 2.92. The molecule has 0 spiro atoms. The number of nitrogens with zero attached hydrogens (tertiary/aromatic N) is 1. The molecule has 1 aromatic heterocycles. The van der Waals surface area contributed by atoms with Crippen molar-refractivity contribution in [2.45, 2.75) is 33.3 Å². The Hall–Kier alpha value is -2.10. The molecule has 0 amide bonds. The molecule has 19 heavy (non-hydrogen) atoms. The van der Waals surface area contributed by atoms with Crippen molar-refractivity contribution in [2.24, 2.45) is 0 Å². The lowest BCUT2D eigenvalue weighted by atomic mass is 10.2. The van der Waals surface area contributed by atoms with E-state index < -0.39 is 0 Å². The van der Waals surface area contributed by atoms with E-state index in [-0.39, 0.29) is 12.1 Å². The van der Waals surface area contributed by atoms with Crippen LogP contribution in [0.15, 0.2) is 30.4 Å². The van der Waals surface area contributed by atoms with Crippen LogP contribution >= 0.6 is 0 Å². The highest BCUT2D eigenvalue weighted by atomic mass is 16.5. The Balaban J connectivity index is 2.08. The van der Waals surface area contributed by atoms with Crippen molar-refractivity contribution in [1.82, 2.24) is 9.97 Å². The van der Waals surface area contributed by atoms with Gasteiger partial charge in [-0.05, 0) is 38.5 Å². The zero-order chi connectivity index (χ0) is 14.0. The van der Waals surface area contributed by atoms with Gasteiger partial charge in [-0.1, -0.05) is 12.6 Å². The van der Waals surface area contributed by atoms with Crippen LogP contribution in [0.2, 0.25) is 0 Å². The number of hydrogen-bond acceptors (Lipinski definition) is 3. The van der Waals surface area contributed by atoms with Crippen LogP contribution in [0.4, 0.5) is 0 Å². The van der Waals surface area contributed by atoms with Gasteiger partial charge in [0.15, 0.2) is 0 Å². The smallest absolute Gasteiger partial charge is 0.333 e. The molecule has 0 aliphatic heterocycles. The second-order valence-corrected chi connectivity index (χ2v) is 4.90. The molecule has 4 nitrogen and oxygen atoms in total. The number of ether oxygens (including phenoxy) is 1. The maximum atomic E-state index is 11.4. The van der Waals surface area contributed by atoms with Gasteiger partial charge in [0.05, 0.1) is 11.0 Å². The van der Waals surface area contributed by atoms with E-state index in [2.05, 4.69) is 22.6 Å². The minimum atomic E-state index is -0.362. The molecule has 100 valence electrons. The first-order valence-corrected chi connectivity index (χ1v) is 6.27. The van der Waals surface area contributed by atoms with E-state index in [4.69, 9.17) is 4.74 Å². The topological polar surface area (TPSA) is 55.0 Å². The molecule has 1 N–H and O–H groups in total. The van der Waals surface area contributed by atoms with Crippen LogP contribution in [0.25, 0.3) is 11.0 Å². The molecule has 0 bridgehead atoms. The average molecular weight is 258 g/mol. The molecule has 0 aliphatic rings. The zero-order valence-electron chi connectivity index (χ0n) is 11.5. The SMILES string of the molecule is C=C(C)C(=O)OC(C)Cc1nc2ccc(C)cc2[nH]1. The summed E-state index contributed by atoms with van der Waals surface area (Å²) in [7, 11) is 0. The summed E-state index contributed by atoms with van der Waals surface area (Å²) >= 11 is 0. The van der Waals surface area contributed by atoms with E-state index in [1.807, 2.05) is 26.0 Å². The van der Waals surface area contributed by atoms with Crippen molar-refractivity contribution >= 4 is 17.0 Å². The number of nitrogens with one attached hydrogen (secondary N) is 1. The molecule has 1 aromatic carbocycles. The number of esters is 1. The largest absolute Gasteiger partial charge is 0.459 e. The summed E-state index contributed by atoms with van der Waals surface area (Å²) in [4.78, 5) is 19.1. The molecular weight excluding hydrogens is 240 g/mol. The summed E-state index contributed by atoms with van der Waals surface area (Å²) in [6.45, 7) is 9.08. The molecule has 1 heterocycles. The highest BCUT2D eigenvalue weighted by Gasteiger charge is 2.13. The number of carbonyl (C=O) groups excluding carboxylic acids is 1. The number of rotatable bonds is 4. The standard InChI is InChI=1S/C15H18N2O2/c1-9(2)15(18)19-11(4)8-14-16-12-6-5-10(3)7-13(12)17-14/h5-7,11H,1,8H2,2-4H3,(H,16,17). The van der Waals surface area contributed by atoms with Gasteiger partial charge < -0.3 is 9.72 Å². The Bertz CT molecular complexity index is 628. The van der Waals surface area contributed by atoms with Gasteiger partial charge in [-0.2, -0.15) is 0 Å². The second-order valence-electron chi connectivity index (χ2n) is 4.90. The van der Waals surface area contributed by atoms with E-state index >= 15 is 0 Å². The molecule has 0 aliphatic carbocycles. The van der Waals surface area contributed by atoms with Crippen LogP contribution in [0, 0.1) is 6.92 Å². The lowest BCUT2D eigenvalue weighted by Gasteiger charge is -2.11. The highest BCUT2D eigenvalue weighted by Crippen LogP contribution is 2.14. The van der Waals surface area contributed by atoms with Gasteiger partial charge >= 0.3 is 5.97 Å². The van der Waals surface area contributed by atoms with Crippen molar-refractivity contribution in [3.63, 3.8) is 0 Å². The summed E-state index contributed by atoms with van der Waals surface area (Å²) in [5.74, 6) is 0.460. The Morgan fingerprint density at radius 1 is 1.53 bits per heavy atom. The Kier molecular flexibility index (Phi) is 3.69. The molecule has 0 radical (unpaired) electrons. The molecule has 4 heteroatoms. The number of carbonyl (C=O) groups is 1. The van der Waals surface area contributed by atoms with E-state index in [1.54, 1.807) is 6.92 Å². The first-order chi connectivity index (χ1) is 8.95. The van der Waals surface area contributed by atoms with E-state index in [1.165, 1.54) is 5.56 Å². The van der Waals surface area contributed by atoms with Crippen molar-refractivity contribution in [3.05, 3.63) is 41.7 Å². The number of hydrogen-bond donors (Lipinski definition) is 1. The molecule has 1 atom stereocenters. The van der Waals surface area contributed by atoms with Crippen LogP contribution in [-0.2, 0) is 16.0 Å². The van der Waals surface area contributed by atoms with Gasteiger partial charge in [0.1, 0.15) is 11.9 Å². The number of aromatic nitrogens is 2. The summed E-state index contributed by atoms with van der Waals surface area (Å²) in [6.07, 6.45) is 0.332. The zero-order valence-corrected chi connectivity index (χ0v) is 11.5. The van der Waals surface area contributed by atoms with Gasteiger partial charge in [0.25, 0.3) is 0 Å². The van der Waals surface area contributed by atoms with E-state index in [0.717, 1.165) is 16.9 Å². The first kappa shape index (κ1) is 13.3. The van der Waals surface area contributed by atoms with E-state index in [9.17, 15) is 4.79 Å². The highest BCUT2D eigenvalue weighted by molar-refractivity contribution is 5.87. The van der Waals surface area contributed by atoms with E-state index in [0.29, 0.717) is 12.0 Å². The average Bonchev–Trinajstić information content (AvgIpc) is 2.69. The summed E-state index contributed by atoms with van der Waals surface area (Å²) in [6, 6.07) is 6.06. The fourth-order valence-electron chi connectivity index (χ4n) is 1.87. The minimum absolute atomic E-state index is 0.231. The number of H-pyrrole nitrogens is 1. The Morgan fingerprint density at radius 3 is 2.95 bits per heavy atom. The molecule has 2 aromatic rings. The van der Waals surface area contributed by atoms with Crippen molar-refractivity contribution in [1.29, 1.82) is 0 Å². The lowest BCUT2D eigenvalue weighted by molar-refractivity contribution is -0.143. The third-order valence-electron chi connectivity index (χ3n) is 2.82. The Morgan fingerprint density at radius 2 is 2.26 bits per heavy atom. The number of benzene rings is 1. The van der Waals surface area contributed by atoms with Crippen LogP contribution < -0.4 is 0 Å². The molecule has 0 saturated carbocycles. The molecule has 0 fully saturated rings. The molecule has 1 unspecified atom stereocenters. The fraction of sp³-hybridized carbons (Fsp3) is 0.333. The third-order valence-corrected chi connectivity index (χ3v) is 2.82. The monoisotopic (exact) mass is 258 g/mol. The van der Waals surface area contributed by atoms with Crippen molar-refractivity contribution in [2.75, 3.05) is 0 Å². The van der Waals surface area contributed by atoms with Gasteiger partial charge in [-0.3, -0.25) is 0 Å². The van der Waals surface area contributed by atoms with Crippen molar-refractivity contribution < 1.29 is 9.53 Å². The van der Waals surface area contributed by atoms with Gasteiger partial charge in [-0.15, -0.1) is 0 Å². The number of aryl methyl sites for hydroxylation is 1.